The van der Waals surface area contributed by atoms with E-state index in [2.05, 4.69) is 23.0 Å². The van der Waals surface area contributed by atoms with Gasteiger partial charge in [0, 0.05) is 18.0 Å². The van der Waals surface area contributed by atoms with Crippen LogP contribution in [0.15, 0.2) is 16.8 Å². The molecule has 2 aromatic heterocycles. The van der Waals surface area contributed by atoms with Gasteiger partial charge in [0.2, 0.25) is 0 Å². The molecule has 2 aromatic rings. The van der Waals surface area contributed by atoms with Crippen molar-refractivity contribution in [2.24, 2.45) is 0 Å². The molecule has 0 aliphatic heterocycles. The second kappa shape index (κ2) is 5.65. The summed E-state index contributed by atoms with van der Waals surface area (Å²) in [5, 5.41) is 16.6. The fraction of sp³-hybridized carbons (Fsp3) is 0.308. The molecular formula is C13H15NO2S2. The van der Waals surface area contributed by atoms with Gasteiger partial charge in [0.15, 0.2) is 0 Å². The number of aromatic carboxylic acids is 1. The molecule has 0 saturated carbocycles. The molecule has 0 aromatic carbocycles. The largest absolute Gasteiger partial charge is 0.477 e. The van der Waals surface area contributed by atoms with Crippen molar-refractivity contribution in [3.63, 3.8) is 0 Å². The maximum absolute atomic E-state index is 10.9. The average Bonchev–Trinajstić information content (AvgIpc) is 2.87. The molecule has 0 unspecified atom stereocenters. The number of hydrogen-bond acceptors (Lipinski definition) is 4. The van der Waals surface area contributed by atoms with Crippen LogP contribution in [0.5, 0.6) is 0 Å². The zero-order valence-corrected chi connectivity index (χ0v) is 12.0. The van der Waals surface area contributed by atoms with Crippen LogP contribution in [0.2, 0.25) is 0 Å². The lowest BCUT2D eigenvalue weighted by molar-refractivity contribution is 0.0702. The Morgan fingerprint density at radius 1 is 1.28 bits per heavy atom. The van der Waals surface area contributed by atoms with Crippen molar-refractivity contribution in [2.75, 3.05) is 0 Å². The fourth-order valence-electron chi connectivity index (χ4n) is 1.70. The Morgan fingerprint density at radius 2 is 2.00 bits per heavy atom. The minimum absolute atomic E-state index is 0.413. The molecule has 18 heavy (non-hydrogen) atoms. The number of rotatable bonds is 5. The van der Waals surface area contributed by atoms with Crippen LogP contribution in [0.3, 0.4) is 0 Å². The van der Waals surface area contributed by atoms with Crippen LogP contribution >= 0.6 is 22.7 Å². The van der Waals surface area contributed by atoms with E-state index < -0.39 is 5.97 Å². The second-order valence-electron chi connectivity index (χ2n) is 4.18. The Labute approximate surface area is 114 Å². The van der Waals surface area contributed by atoms with E-state index in [1.54, 1.807) is 17.4 Å². The molecule has 5 heteroatoms. The van der Waals surface area contributed by atoms with Crippen molar-refractivity contribution in [3.8, 4) is 0 Å². The molecule has 0 fully saturated rings. The molecule has 0 radical (unpaired) electrons. The van der Waals surface area contributed by atoms with Crippen LogP contribution in [0.4, 0.5) is 0 Å². The van der Waals surface area contributed by atoms with Crippen LogP contribution in [-0.2, 0) is 13.1 Å². The van der Waals surface area contributed by atoms with Crippen molar-refractivity contribution in [1.82, 2.24) is 5.32 Å². The van der Waals surface area contributed by atoms with E-state index in [-0.39, 0.29) is 0 Å². The van der Waals surface area contributed by atoms with Gasteiger partial charge in [0.05, 0.1) is 0 Å². The van der Waals surface area contributed by atoms with E-state index >= 15 is 0 Å². The van der Waals surface area contributed by atoms with Gasteiger partial charge in [-0.05, 0) is 47.4 Å². The molecule has 2 N–H and O–H groups in total. The first-order chi connectivity index (χ1) is 8.58. The van der Waals surface area contributed by atoms with Crippen molar-refractivity contribution in [3.05, 3.63) is 43.3 Å². The Bertz CT molecular complexity index is 557. The summed E-state index contributed by atoms with van der Waals surface area (Å²) in [6.45, 7) is 5.60. The number of nitrogens with one attached hydrogen (secondary N) is 1. The van der Waals surface area contributed by atoms with Gasteiger partial charge in [-0.1, -0.05) is 0 Å². The van der Waals surface area contributed by atoms with E-state index in [0.717, 1.165) is 17.0 Å². The molecule has 0 saturated heterocycles. The highest BCUT2D eigenvalue weighted by Gasteiger charge is 2.10. The smallest absolute Gasteiger partial charge is 0.345 e. The molecule has 0 aliphatic carbocycles. The number of aryl methyl sites for hydroxylation is 2. The van der Waals surface area contributed by atoms with Crippen LogP contribution in [0, 0.1) is 13.8 Å². The van der Waals surface area contributed by atoms with Crippen molar-refractivity contribution in [1.29, 1.82) is 0 Å². The summed E-state index contributed by atoms with van der Waals surface area (Å²) in [4.78, 5) is 12.3. The van der Waals surface area contributed by atoms with Crippen LogP contribution in [-0.4, -0.2) is 11.1 Å². The Balaban J connectivity index is 1.94. The molecule has 0 bridgehead atoms. The number of carboxylic acid groups (broad SMARTS) is 1. The highest BCUT2D eigenvalue weighted by molar-refractivity contribution is 7.14. The molecular weight excluding hydrogens is 266 g/mol. The lowest BCUT2D eigenvalue weighted by Crippen LogP contribution is -2.12. The minimum Gasteiger partial charge on any atom is -0.477 e. The zero-order valence-electron chi connectivity index (χ0n) is 10.3. The molecule has 0 atom stereocenters. The van der Waals surface area contributed by atoms with E-state index in [9.17, 15) is 4.79 Å². The lowest BCUT2D eigenvalue weighted by Gasteiger charge is -2.03. The van der Waals surface area contributed by atoms with Gasteiger partial charge in [-0.2, -0.15) is 11.3 Å². The highest BCUT2D eigenvalue weighted by atomic mass is 32.1. The van der Waals surface area contributed by atoms with E-state index in [1.165, 1.54) is 22.5 Å². The van der Waals surface area contributed by atoms with Gasteiger partial charge in [-0.15, -0.1) is 11.3 Å². The molecule has 0 spiro atoms. The summed E-state index contributed by atoms with van der Waals surface area (Å²) in [7, 11) is 0. The first kappa shape index (κ1) is 13.3. The zero-order chi connectivity index (χ0) is 13.1. The summed E-state index contributed by atoms with van der Waals surface area (Å²) < 4.78 is 0. The Morgan fingerprint density at radius 3 is 2.56 bits per heavy atom. The average molecular weight is 281 g/mol. The van der Waals surface area contributed by atoms with E-state index in [4.69, 9.17) is 5.11 Å². The van der Waals surface area contributed by atoms with Gasteiger partial charge in [-0.25, -0.2) is 4.79 Å². The number of hydrogen-bond donors (Lipinski definition) is 2. The first-order valence-corrected chi connectivity index (χ1v) is 7.39. The normalized spacial score (nSPS) is 10.8. The third-order valence-electron chi connectivity index (χ3n) is 2.82. The molecule has 2 rings (SSSR count). The Hall–Kier alpha value is -1.17. The van der Waals surface area contributed by atoms with Crippen molar-refractivity contribution < 1.29 is 9.90 Å². The van der Waals surface area contributed by atoms with E-state index in [1.807, 2.05) is 6.92 Å². The van der Waals surface area contributed by atoms with Crippen LogP contribution in [0.25, 0.3) is 0 Å². The fourth-order valence-corrected chi connectivity index (χ4v) is 3.44. The summed E-state index contributed by atoms with van der Waals surface area (Å²) in [6.07, 6.45) is 0. The topological polar surface area (TPSA) is 49.3 Å². The summed E-state index contributed by atoms with van der Waals surface area (Å²) in [5.41, 5.74) is 3.69. The molecule has 0 aliphatic rings. The summed E-state index contributed by atoms with van der Waals surface area (Å²) >= 11 is 3.04. The van der Waals surface area contributed by atoms with Gasteiger partial charge < -0.3 is 10.4 Å². The molecule has 3 nitrogen and oxygen atoms in total. The van der Waals surface area contributed by atoms with E-state index in [0.29, 0.717) is 11.4 Å². The summed E-state index contributed by atoms with van der Waals surface area (Å²) in [5.74, 6) is -0.844. The van der Waals surface area contributed by atoms with Crippen LogP contribution in [0.1, 0.15) is 31.2 Å². The monoisotopic (exact) mass is 281 g/mol. The summed E-state index contributed by atoms with van der Waals surface area (Å²) in [6, 6.07) is 1.76. The molecule has 2 heterocycles. The second-order valence-corrected chi connectivity index (χ2v) is 6.18. The van der Waals surface area contributed by atoms with Gasteiger partial charge in [-0.3, -0.25) is 0 Å². The SMILES string of the molecule is Cc1cscc1CNCc1cc(C(=O)O)sc1C. The minimum atomic E-state index is -0.844. The predicted molar refractivity (Wildman–Crippen MR) is 75.6 cm³/mol. The lowest BCUT2D eigenvalue weighted by atomic mass is 10.2. The van der Waals surface area contributed by atoms with Gasteiger partial charge >= 0.3 is 5.97 Å². The Kier molecular flexibility index (Phi) is 4.16. The van der Waals surface area contributed by atoms with Crippen molar-refractivity contribution >= 4 is 28.6 Å². The molecule has 96 valence electrons. The first-order valence-electron chi connectivity index (χ1n) is 5.63. The molecule has 0 amide bonds. The predicted octanol–water partition coefficient (Wildman–Crippen LogP) is 3.41. The van der Waals surface area contributed by atoms with Gasteiger partial charge in [0.1, 0.15) is 4.88 Å². The number of thiophene rings is 2. The third kappa shape index (κ3) is 2.98. The standard InChI is InChI=1S/C13H15NO2S2/c1-8-6-17-7-11(8)5-14-4-10-3-12(13(15)16)18-9(10)2/h3,6-7,14H,4-5H2,1-2H3,(H,15,16). The van der Waals surface area contributed by atoms with Crippen molar-refractivity contribution in [2.45, 2.75) is 26.9 Å². The maximum atomic E-state index is 10.9. The maximum Gasteiger partial charge on any atom is 0.345 e. The third-order valence-corrected chi connectivity index (χ3v) is 4.81. The number of carbonyl (C=O) groups is 1. The number of carboxylic acids is 1. The van der Waals surface area contributed by atoms with Crippen LogP contribution < -0.4 is 5.32 Å². The quantitative estimate of drug-likeness (QED) is 0.883. The van der Waals surface area contributed by atoms with Gasteiger partial charge in [0.25, 0.3) is 0 Å². The highest BCUT2D eigenvalue weighted by Crippen LogP contribution is 2.21.